The molecule has 1 aliphatic rings. The molecule has 0 unspecified atom stereocenters. The molecule has 5 nitrogen and oxygen atoms in total. The molecule has 1 aliphatic heterocycles. The Balaban J connectivity index is 0.00000208. The highest BCUT2D eigenvalue weighted by Gasteiger charge is 2.22. The fourth-order valence-electron chi connectivity index (χ4n) is 2.84. The molecule has 3 rings (SSSR count). The Morgan fingerprint density at radius 1 is 1.29 bits per heavy atom. The first kappa shape index (κ1) is 18.5. The van der Waals surface area contributed by atoms with Crippen molar-refractivity contribution in [1.29, 1.82) is 0 Å². The maximum Gasteiger partial charge on any atom is 0.218 e. The summed E-state index contributed by atoms with van der Waals surface area (Å²) in [6.07, 6.45) is 2.78. The van der Waals surface area contributed by atoms with E-state index in [9.17, 15) is 0 Å². The zero-order valence-electron chi connectivity index (χ0n) is 14.0. The molecular weight excluding hydrogens is 415 g/mol. The van der Waals surface area contributed by atoms with Crippen LogP contribution >= 0.6 is 24.0 Å². The number of fused-ring (bicyclic) bond motifs is 1. The Morgan fingerprint density at radius 2 is 2.12 bits per heavy atom. The van der Waals surface area contributed by atoms with Gasteiger partial charge in [-0.25, -0.2) is 9.98 Å². The van der Waals surface area contributed by atoms with Crippen molar-refractivity contribution in [3.63, 3.8) is 0 Å². The molecule has 0 saturated heterocycles. The van der Waals surface area contributed by atoms with Crippen molar-refractivity contribution in [2.75, 3.05) is 25.1 Å². The van der Waals surface area contributed by atoms with Crippen LogP contribution in [0.3, 0.4) is 0 Å². The van der Waals surface area contributed by atoms with Gasteiger partial charge in [-0.2, -0.15) is 0 Å². The zero-order chi connectivity index (χ0) is 16.1. The molecule has 1 N–H and O–H groups in total. The summed E-state index contributed by atoms with van der Waals surface area (Å²) in [7, 11) is 1.64. The molecular formula is C18H23IN4O. The third-order valence-corrected chi connectivity index (χ3v) is 3.92. The van der Waals surface area contributed by atoms with Crippen LogP contribution in [0.5, 0.6) is 5.88 Å². The highest BCUT2D eigenvalue weighted by molar-refractivity contribution is 14.0. The molecule has 0 amide bonds. The van der Waals surface area contributed by atoms with Gasteiger partial charge in [-0.1, -0.05) is 24.3 Å². The molecule has 0 radical (unpaired) electrons. The number of benzene rings is 1. The summed E-state index contributed by atoms with van der Waals surface area (Å²) in [5.74, 6) is 1.54. The summed E-state index contributed by atoms with van der Waals surface area (Å²) in [6, 6.07) is 12.4. The molecule has 24 heavy (non-hydrogen) atoms. The van der Waals surface area contributed by atoms with Crippen LogP contribution in [0.4, 0.5) is 5.69 Å². The van der Waals surface area contributed by atoms with Gasteiger partial charge in [-0.15, -0.1) is 24.0 Å². The van der Waals surface area contributed by atoms with Crippen molar-refractivity contribution in [2.45, 2.75) is 19.9 Å². The van der Waals surface area contributed by atoms with Crippen molar-refractivity contribution >= 4 is 35.6 Å². The second-order valence-electron chi connectivity index (χ2n) is 5.37. The molecule has 0 atom stereocenters. The lowest BCUT2D eigenvalue weighted by molar-refractivity contribution is 0.392. The number of hydrogen-bond donors (Lipinski definition) is 1. The van der Waals surface area contributed by atoms with E-state index in [1.165, 1.54) is 11.3 Å². The first-order valence-corrected chi connectivity index (χ1v) is 7.95. The van der Waals surface area contributed by atoms with Gasteiger partial charge in [0.25, 0.3) is 0 Å². The first-order chi connectivity index (χ1) is 11.3. The lowest BCUT2D eigenvalue weighted by Crippen LogP contribution is -2.40. The van der Waals surface area contributed by atoms with E-state index < -0.39 is 0 Å². The van der Waals surface area contributed by atoms with Crippen molar-refractivity contribution in [3.8, 4) is 5.88 Å². The van der Waals surface area contributed by atoms with Crippen molar-refractivity contribution in [1.82, 2.24) is 10.3 Å². The van der Waals surface area contributed by atoms with Gasteiger partial charge in [0.15, 0.2) is 5.96 Å². The normalized spacial score (nSPS) is 13.2. The molecule has 1 aromatic carbocycles. The second-order valence-corrected chi connectivity index (χ2v) is 5.37. The maximum absolute atomic E-state index is 5.30. The highest BCUT2D eigenvalue weighted by atomic mass is 127. The minimum Gasteiger partial charge on any atom is -0.481 e. The summed E-state index contributed by atoms with van der Waals surface area (Å²) in [5, 5.41) is 3.39. The summed E-state index contributed by atoms with van der Waals surface area (Å²) < 4.78 is 5.30. The van der Waals surface area contributed by atoms with E-state index in [1.54, 1.807) is 13.3 Å². The molecule has 0 aliphatic carbocycles. The Hall–Kier alpha value is -1.83. The van der Waals surface area contributed by atoms with E-state index >= 15 is 0 Å². The Kier molecular flexibility index (Phi) is 6.84. The van der Waals surface area contributed by atoms with Crippen LogP contribution < -0.4 is 15.0 Å². The predicted octanol–water partition coefficient (Wildman–Crippen LogP) is 3.24. The van der Waals surface area contributed by atoms with Gasteiger partial charge in [0, 0.05) is 30.5 Å². The van der Waals surface area contributed by atoms with Crippen LogP contribution in [0.25, 0.3) is 0 Å². The van der Waals surface area contributed by atoms with Gasteiger partial charge in [0.1, 0.15) is 0 Å². The lowest BCUT2D eigenvalue weighted by atomic mass is 10.2. The van der Waals surface area contributed by atoms with E-state index in [2.05, 4.69) is 46.4 Å². The number of hydrogen-bond acceptors (Lipinski definition) is 3. The van der Waals surface area contributed by atoms with E-state index in [-0.39, 0.29) is 24.0 Å². The molecule has 0 saturated carbocycles. The summed E-state index contributed by atoms with van der Waals surface area (Å²) in [6.45, 7) is 4.41. The van der Waals surface area contributed by atoms with E-state index in [0.29, 0.717) is 12.4 Å². The van der Waals surface area contributed by atoms with E-state index in [0.717, 1.165) is 31.0 Å². The molecule has 6 heteroatoms. The fraction of sp³-hybridized carbons (Fsp3) is 0.333. The van der Waals surface area contributed by atoms with Crippen LogP contribution in [0.15, 0.2) is 47.6 Å². The van der Waals surface area contributed by atoms with Crippen LogP contribution in [0, 0.1) is 0 Å². The summed E-state index contributed by atoms with van der Waals surface area (Å²) >= 11 is 0. The average Bonchev–Trinajstić information content (AvgIpc) is 3.03. The topological polar surface area (TPSA) is 49.8 Å². The number of nitrogens with one attached hydrogen (secondary N) is 1. The molecule has 1 aromatic heterocycles. The smallest absolute Gasteiger partial charge is 0.218 e. The predicted molar refractivity (Wildman–Crippen MR) is 109 cm³/mol. The number of rotatable bonds is 4. The van der Waals surface area contributed by atoms with E-state index in [4.69, 9.17) is 9.73 Å². The number of pyridine rings is 1. The standard InChI is InChI=1S/C18H22N4O.HI/c1-3-19-18(21-13-15-8-6-11-20-17(15)23-2)22-12-10-14-7-4-5-9-16(14)22;/h4-9,11H,3,10,12-13H2,1-2H3,(H,19,21);1H. The average molecular weight is 438 g/mol. The van der Waals surface area contributed by atoms with E-state index in [1.807, 2.05) is 12.1 Å². The molecule has 0 spiro atoms. The number of halogens is 1. The number of nitrogens with zero attached hydrogens (tertiary/aromatic N) is 3. The van der Waals surface area contributed by atoms with Crippen molar-refractivity contribution < 1.29 is 4.74 Å². The summed E-state index contributed by atoms with van der Waals surface area (Å²) in [5.41, 5.74) is 3.60. The minimum absolute atomic E-state index is 0. The fourth-order valence-corrected chi connectivity index (χ4v) is 2.84. The Labute approximate surface area is 160 Å². The molecule has 0 fully saturated rings. The number of anilines is 1. The molecule has 0 bridgehead atoms. The first-order valence-electron chi connectivity index (χ1n) is 7.95. The molecule has 2 heterocycles. The van der Waals surface area contributed by atoms with Gasteiger partial charge in [0.2, 0.25) is 5.88 Å². The van der Waals surface area contributed by atoms with Crippen LogP contribution in [0.2, 0.25) is 0 Å². The third-order valence-electron chi connectivity index (χ3n) is 3.92. The molecule has 128 valence electrons. The maximum atomic E-state index is 5.30. The van der Waals surface area contributed by atoms with Gasteiger partial charge in [-0.05, 0) is 31.0 Å². The van der Waals surface area contributed by atoms with Gasteiger partial charge in [-0.3, -0.25) is 0 Å². The number of guanidine groups is 1. The SMILES string of the molecule is CCNC(=NCc1cccnc1OC)N1CCc2ccccc21.I. The zero-order valence-corrected chi connectivity index (χ0v) is 16.4. The highest BCUT2D eigenvalue weighted by Crippen LogP contribution is 2.27. The van der Waals surface area contributed by atoms with Crippen LogP contribution in [-0.2, 0) is 13.0 Å². The number of para-hydroxylation sites is 1. The van der Waals surface area contributed by atoms with Crippen molar-refractivity contribution in [3.05, 3.63) is 53.7 Å². The van der Waals surface area contributed by atoms with Crippen LogP contribution in [-0.4, -0.2) is 31.1 Å². The molecule has 2 aromatic rings. The number of aliphatic imine (C=N–C) groups is 1. The number of aromatic nitrogens is 1. The van der Waals surface area contributed by atoms with Crippen molar-refractivity contribution in [2.24, 2.45) is 4.99 Å². The van der Waals surface area contributed by atoms with Crippen LogP contribution in [0.1, 0.15) is 18.1 Å². The van der Waals surface area contributed by atoms with Gasteiger partial charge < -0.3 is 15.0 Å². The monoisotopic (exact) mass is 438 g/mol. The number of ether oxygens (including phenoxy) is 1. The van der Waals surface area contributed by atoms with Gasteiger partial charge in [0.05, 0.1) is 13.7 Å². The quantitative estimate of drug-likeness (QED) is 0.453. The second kappa shape index (κ2) is 8.86. The third kappa shape index (κ3) is 3.98. The lowest BCUT2D eigenvalue weighted by Gasteiger charge is -2.22. The van der Waals surface area contributed by atoms with Gasteiger partial charge >= 0.3 is 0 Å². The Bertz CT molecular complexity index is 705. The largest absolute Gasteiger partial charge is 0.481 e. The number of methoxy groups -OCH3 is 1. The minimum atomic E-state index is 0. The Morgan fingerprint density at radius 3 is 2.92 bits per heavy atom. The summed E-state index contributed by atoms with van der Waals surface area (Å²) in [4.78, 5) is 11.3.